The molecule has 0 aliphatic rings. The van der Waals surface area contributed by atoms with Crippen molar-refractivity contribution < 1.29 is 4.52 Å². The van der Waals surface area contributed by atoms with Gasteiger partial charge in [-0.15, -0.1) is 0 Å². The summed E-state index contributed by atoms with van der Waals surface area (Å²) in [6.45, 7) is 2.40. The lowest BCUT2D eigenvalue weighted by Crippen LogP contribution is -2.05. The highest BCUT2D eigenvalue weighted by Crippen LogP contribution is 2.19. The fourth-order valence-electron chi connectivity index (χ4n) is 1.79. The molecule has 0 bridgehead atoms. The van der Waals surface area contributed by atoms with Crippen LogP contribution in [-0.2, 0) is 13.0 Å². The predicted octanol–water partition coefficient (Wildman–Crippen LogP) is 0.560. The number of H-pyrrole nitrogens is 2. The topological polar surface area (TPSA) is 105 Å². The third-order valence-corrected chi connectivity index (χ3v) is 2.73. The van der Waals surface area contributed by atoms with Crippen LogP contribution >= 0.6 is 0 Å². The number of aromatic nitrogens is 6. The normalized spacial score (nSPS) is 11.0. The second-order valence-corrected chi connectivity index (χ2v) is 4.04. The molecule has 0 aromatic carbocycles. The van der Waals surface area contributed by atoms with Gasteiger partial charge in [-0.1, -0.05) is 12.1 Å². The van der Waals surface area contributed by atoms with Crippen molar-refractivity contribution in [1.82, 2.24) is 29.9 Å². The molecule has 0 saturated carbocycles. The number of nitrogens with one attached hydrogen (secondary N) is 2. The van der Waals surface area contributed by atoms with Crippen LogP contribution in [-0.4, -0.2) is 29.9 Å². The van der Waals surface area contributed by atoms with E-state index in [1.807, 2.05) is 17.6 Å². The van der Waals surface area contributed by atoms with Crippen molar-refractivity contribution >= 4 is 0 Å². The minimum Gasteiger partial charge on any atom is -0.353 e. The molecule has 19 heavy (non-hydrogen) atoms. The molecule has 3 aromatic heterocycles. The number of hydrogen-bond donors (Lipinski definition) is 2. The van der Waals surface area contributed by atoms with Crippen LogP contribution in [0.5, 0.6) is 0 Å². The lowest BCUT2D eigenvalue weighted by molar-refractivity contribution is 0.420. The molecule has 2 N–H and O–H groups in total. The maximum Gasteiger partial charge on any atom is 0.340 e. The minimum absolute atomic E-state index is 0.329. The first-order valence-corrected chi connectivity index (χ1v) is 5.87. The molecule has 8 nitrogen and oxygen atoms in total. The molecule has 0 aliphatic carbocycles. The molecular formula is C11H12N6O2. The van der Waals surface area contributed by atoms with Gasteiger partial charge in [-0.25, -0.2) is 14.9 Å². The Balaban J connectivity index is 1.91. The second-order valence-electron chi connectivity index (χ2n) is 4.04. The van der Waals surface area contributed by atoms with Crippen molar-refractivity contribution in [3.63, 3.8) is 0 Å². The maximum absolute atomic E-state index is 11.0. The van der Waals surface area contributed by atoms with Gasteiger partial charge in [-0.2, -0.15) is 5.10 Å². The summed E-state index contributed by atoms with van der Waals surface area (Å²) in [5.41, 5.74) is 0.544. The van der Waals surface area contributed by atoms with Crippen LogP contribution in [0.3, 0.4) is 0 Å². The van der Waals surface area contributed by atoms with Crippen molar-refractivity contribution in [1.29, 1.82) is 0 Å². The van der Waals surface area contributed by atoms with E-state index in [-0.39, 0.29) is 5.69 Å². The fourth-order valence-corrected chi connectivity index (χ4v) is 1.79. The maximum atomic E-state index is 11.0. The van der Waals surface area contributed by atoms with Crippen LogP contribution in [0.4, 0.5) is 0 Å². The molecule has 3 aromatic rings. The largest absolute Gasteiger partial charge is 0.353 e. The Hall–Kier alpha value is -2.64. The highest BCUT2D eigenvalue weighted by molar-refractivity contribution is 5.47. The van der Waals surface area contributed by atoms with E-state index in [1.165, 1.54) is 0 Å². The Morgan fingerprint density at radius 2 is 2.37 bits per heavy atom. The molecule has 0 unspecified atom stereocenters. The van der Waals surface area contributed by atoms with E-state index < -0.39 is 0 Å². The summed E-state index contributed by atoms with van der Waals surface area (Å²) in [6, 6.07) is 1.85. The van der Waals surface area contributed by atoms with Crippen molar-refractivity contribution in [3.8, 4) is 11.6 Å². The average molecular weight is 260 g/mol. The van der Waals surface area contributed by atoms with Gasteiger partial charge in [0, 0.05) is 18.5 Å². The second kappa shape index (κ2) is 4.56. The van der Waals surface area contributed by atoms with Crippen LogP contribution < -0.4 is 5.69 Å². The van der Waals surface area contributed by atoms with Gasteiger partial charge >= 0.3 is 5.69 Å². The minimum atomic E-state index is -0.329. The molecule has 0 amide bonds. The zero-order valence-electron chi connectivity index (χ0n) is 10.3. The standard InChI is InChI=1S/C11H12N6O2/c1-2-7-5-8(19-16-7)10-12-3-4-17(10)6-9-13-11(18)15-14-9/h3-5H,2,6H2,1H3,(H2,13,14,15,18). The first-order chi connectivity index (χ1) is 9.26. The number of aromatic amines is 2. The summed E-state index contributed by atoms with van der Waals surface area (Å²) in [7, 11) is 0. The molecule has 0 spiro atoms. The summed E-state index contributed by atoms with van der Waals surface area (Å²) >= 11 is 0. The SMILES string of the molecule is CCc1cc(-c2nccn2Cc2n[nH]c(=O)[nH]2)on1. The Morgan fingerprint density at radius 1 is 1.47 bits per heavy atom. The van der Waals surface area contributed by atoms with Crippen molar-refractivity contribution in [2.45, 2.75) is 19.9 Å². The van der Waals surface area contributed by atoms with E-state index in [9.17, 15) is 4.79 Å². The zero-order chi connectivity index (χ0) is 13.2. The molecule has 3 rings (SSSR count). The molecular weight excluding hydrogens is 248 g/mol. The molecule has 0 atom stereocenters. The number of aryl methyl sites for hydroxylation is 1. The third-order valence-electron chi connectivity index (χ3n) is 2.73. The van der Waals surface area contributed by atoms with E-state index in [4.69, 9.17) is 4.52 Å². The number of imidazole rings is 1. The van der Waals surface area contributed by atoms with Gasteiger partial charge in [0.15, 0.2) is 11.6 Å². The van der Waals surface area contributed by atoms with E-state index in [1.54, 1.807) is 12.4 Å². The molecule has 0 radical (unpaired) electrons. The smallest absolute Gasteiger partial charge is 0.340 e. The number of rotatable bonds is 4. The quantitative estimate of drug-likeness (QED) is 0.713. The third kappa shape index (κ3) is 2.19. The fraction of sp³-hybridized carbons (Fsp3) is 0.273. The lowest BCUT2D eigenvalue weighted by Gasteiger charge is -2.01. The van der Waals surface area contributed by atoms with Gasteiger partial charge in [0.1, 0.15) is 0 Å². The Kier molecular flexibility index (Phi) is 2.75. The molecule has 3 heterocycles. The highest BCUT2D eigenvalue weighted by atomic mass is 16.5. The summed E-state index contributed by atoms with van der Waals surface area (Å²) in [4.78, 5) is 17.8. The van der Waals surface area contributed by atoms with E-state index >= 15 is 0 Å². The van der Waals surface area contributed by atoms with Crippen molar-refractivity contribution in [2.75, 3.05) is 0 Å². The number of hydrogen-bond acceptors (Lipinski definition) is 5. The molecule has 0 saturated heterocycles. The first kappa shape index (κ1) is 11.5. The predicted molar refractivity (Wildman–Crippen MR) is 65.4 cm³/mol. The van der Waals surface area contributed by atoms with E-state index in [2.05, 4.69) is 25.3 Å². The summed E-state index contributed by atoms with van der Waals surface area (Å²) < 4.78 is 7.08. The van der Waals surface area contributed by atoms with Gasteiger partial charge in [-0.05, 0) is 6.42 Å². The molecule has 98 valence electrons. The molecule has 8 heteroatoms. The van der Waals surface area contributed by atoms with Gasteiger partial charge in [-0.3, -0.25) is 4.98 Å². The van der Waals surface area contributed by atoms with Gasteiger partial charge in [0.05, 0.1) is 12.2 Å². The van der Waals surface area contributed by atoms with Gasteiger partial charge < -0.3 is 9.09 Å². The van der Waals surface area contributed by atoms with Crippen LogP contribution in [0.2, 0.25) is 0 Å². The Bertz CT molecular complexity index is 734. The zero-order valence-corrected chi connectivity index (χ0v) is 10.3. The van der Waals surface area contributed by atoms with Crippen LogP contribution in [0, 0.1) is 0 Å². The van der Waals surface area contributed by atoms with Crippen molar-refractivity contribution in [2.24, 2.45) is 0 Å². The van der Waals surface area contributed by atoms with Crippen LogP contribution in [0.1, 0.15) is 18.4 Å². The van der Waals surface area contributed by atoms with Gasteiger partial charge in [0.25, 0.3) is 0 Å². The van der Waals surface area contributed by atoms with Crippen LogP contribution in [0.25, 0.3) is 11.6 Å². The van der Waals surface area contributed by atoms with Crippen molar-refractivity contribution in [3.05, 3.63) is 40.5 Å². The molecule has 0 aliphatic heterocycles. The Labute approximate surface area is 107 Å². The summed E-state index contributed by atoms with van der Waals surface area (Å²) in [5, 5.41) is 10.1. The highest BCUT2D eigenvalue weighted by Gasteiger charge is 2.13. The van der Waals surface area contributed by atoms with Gasteiger partial charge in [0.2, 0.25) is 5.76 Å². The molecule has 0 fully saturated rings. The van der Waals surface area contributed by atoms with E-state index in [0.29, 0.717) is 24.0 Å². The summed E-state index contributed by atoms with van der Waals surface area (Å²) in [5.74, 6) is 1.77. The van der Waals surface area contributed by atoms with E-state index in [0.717, 1.165) is 12.1 Å². The lowest BCUT2D eigenvalue weighted by atomic mass is 10.3. The Morgan fingerprint density at radius 3 is 3.05 bits per heavy atom. The first-order valence-electron chi connectivity index (χ1n) is 5.87. The monoisotopic (exact) mass is 260 g/mol. The summed E-state index contributed by atoms with van der Waals surface area (Å²) in [6.07, 6.45) is 4.25. The average Bonchev–Trinajstić information content (AvgIpc) is 3.10. The van der Waals surface area contributed by atoms with Crippen LogP contribution in [0.15, 0.2) is 27.8 Å². The number of nitrogens with zero attached hydrogens (tertiary/aromatic N) is 4.